The van der Waals surface area contributed by atoms with Crippen molar-refractivity contribution in [3.8, 4) is 0 Å². The van der Waals surface area contributed by atoms with Crippen LogP contribution < -0.4 is 5.32 Å². The average Bonchev–Trinajstić information content (AvgIpc) is 2.96. The third kappa shape index (κ3) is 2.96. The first-order valence-electron chi connectivity index (χ1n) is 5.56. The molecule has 0 aliphatic carbocycles. The summed E-state index contributed by atoms with van der Waals surface area (Å²) in [6.07, 6.45) is 6.56. The molecular formula is C12H15N3O2. The van der Waals surface area contributed by atoms with Crippen molar-refractivity contribution >= 4 is 5.91 Å². The molecule has 0 bridgehead atoms. The fourth-order valence-electron chi connectivity index (χ4n) is 1.60. The van der Waals surface area contributed by atoms with Crippen LogP contribution in [0.1, 0.15) is 28.0 Å². The van der Waals surface area contributed by atoms with E-state index in [2.05, 4.69) is 15.5 Å². The number of H-pyrrole nitrogens is 1. The Morgan fingerprint density at radius 3 is 3.12 bits per heavy atom. The van der Waals surface area contributed by atoms with Gasteiger partial charge in [-0.05, 0) is 31.4 Å². The summed E-state index contributed by atoms with van der Waals surface area (Å²) in [5.74, 6) is -0.0948. The van der Waals surface area contributed by atoms with E-state index in [1.165, 1.54) is 18.1 Å². The highest BCUT2D eigenvalue weighted by molar-refractivity contribution is 5.93. The van der Waals surface area contributed by atoms with Crippen LogP contribution in [0.15, 0.2) is 29.2 Å². The van der Waals surface area contributed by atoms with Crippen molar-refractivity contribution in [2.45, 2.75) is 19.8 Å². The van der Waals surface area contributed by atoms with Gasteiger partial charge in [-0.3, -0.25) is 9.89 Å². The van der Waals surface area contributed by atoms with Gasteiger partial charge in [0.2, 0.25) is 0 Å². The summed E-state index contributed by atoms with van der Waals surface area (Å²) in [4.78, 5) is 11.5. The molecule has 0 spiro atoms. The molecule has 0 atom stereocenters. The number of aromatic amines is 1. The van der Waals surface area contributed by atoms with Crippen molar-refractivity contribution < 1.29 is 9.21 Å². The van der Waals surface area contributed by atoms with Crippen LogP contribution in [0.3, 0.4) is 0 Å². The standard InChI is InChI=1S/C12H15N3O2/c1-9-10(7-14-15-9)3-2-5-13-12(16)11-4-6-17-8-11/h4,6-8H,2-3,5H2,1H3,(H,13,16)(H,14,15). The molecule has 2 aromatic heterocycles. The lowest BCUT2D eigenvalue weighted by molar-refractivity contribution is 0.0952. The highest BCUT2D eigenvalue weighted by atomic mass is 16.3. The van der Waals surface area contributed by atoms with E-state index in [-0.39, 0.29) is 5.91 Å². The number of carbonyl (C=O) groups is 1. The number of hydrogen-bond acceptors (Lipinski definition) is 3. The second kappa shape index (κ2) is 5.34. The van der Waals surface area contributed by atoms with Gasteiger partial charge in [-0.25, -0.2) is 0 Å². The molecule has 5 nitrogen and oxygen atoms in total. The minimum absolute atomic E-state index is 0.0948. The number of aromatic nitrogens is 2. The molecule has 5 heteroatoms. The van der Waals surface area contributed by atoms with E-state index in [9.17, 15) is 4.79 Å². The van der Waals surface area contributed by atoms with Gasteiger partial charge in [0.15, 0.2) is 0 Å². The van der Waals surface area contributed by atoms with Gasteiger partial charge in [0, 0.05) is 12.2 Å². The van der Waals surface area contributed by atoms with Crippen molar-refractivity contribution in [1.29, 1.82) is 0 Å². The molecule has 90 valence electrons. The Balaban J connectivity index is 1.70. The summed E-state index contributed by atoms with van der Waals surface area (Å²) in [5.41, 5.74) is 2.85. The molecular weight excluding hydrogens is 218 g/mol. The van der Waals surface area contributed by atoms with Crippen LogP contribution in [0.4, 0.5) is 0 Å². The summed E-state index contributed by atoms with van der Waals surface area (Å²) in [7, 11) is 0. The van der Waals surface area contributed by atoms with Crippen LogP contribution >= 0.6 is 0 Å². The predicted octanol–water partition coefficient (Wildman–Crippen LogP) is 1.67. The topological polar surface area (TPSA) is 70.9 Å². The Kier molecular flexibility index (Phi) is 3.59. The molecule has 0 unspecified atom stereocenters. The first kappa shape index (κ1) is 11.4. The molecule has 0 radical (unpaired) electrons. The Bertz CT molecular complexity index is 474. The quantitative estimate of drug-likeness (QED) is 0.772. The molecule has 17 heavy (non-hydrogen) atoms. The maximum absolute atomic E-state index is 11.5. The number of nitrogens with one attached hydrogen (secondary N) is 2. The van der Waals surface area contributed by atoms with Crippen LogP contribution in [0.2, 0.25) is 0 Å². The first-order chi connectivity index (χ1) is 8.27. The third-order valence-corrected chi connectivity index (χ3v) is 2.63. The number of amides is 1. The first-order valence-corrected chi connectivity index (χ1v) is 5.56. The van der Waals surface area contributed by atoms with Crippen molar-refractivity contribution in [3.05, 3.63) is 41.6 Å². The van der Waals surface area contributed by atoms with Gasteiger partial charge >= 0.3 is 0 Å². The maximum atomic E-state index is 11.5. The third-order valence-electron chi connectivity index (χ3n) is 2.63. The van der Waals surface area contributed by atoms with E-state index < -0.39 is 0 Å². The molecule has 0 aromatic carbocycles. The maximum Gasteiger partial charge on any atom is 0.254 e. The van der Waals surface area contributed by atoms with Gasteiger partial charge in [-0.1, -0.05) is 0 Å². The second-order valence-corrected chi connectivity index (χ2v) is 3.89. The SMILES string of the molecule is Cc1[nH]ncc1CCCNC(=O)c1ccoc1. The molecule has 0 saturated carbocycles. The number of aryl methyl sites for hydroxylation is 2. The van der Waals surface area contributed by atoms with E-state index in [0.29, 0.717) is 12.1 Å². The van der Waals surface area contributed by atoms with Crippen LogP contribution in [-0.4, -0.2) is 22.6 Å². The van der Waals surface area contributed by atoms with Crippen LogP contribution in [0, 0.1) is 6.92 Å². The summed E-state index contributed by atoms with van der Waals surface area (Å²) in [6.45, 7) is 2.64. The zero-order chi connectivity index (χ0) is 12.1. The van der Waals surface area contributed by atoms with Crippen molar-refractivity contribution in [3.63, 3.8) is 0 Å². The van der Waals surface area contributed by atoms with Crippen molar-refractivity contribution in [2.24, 2.45) is 0 Å². The number of hydrogen-bond donors (Lipinski definition) is 2. The van der Waals surface area contributed by atoms with E-state index in [4.69, 9.17) is 4.42 Å². The van der Waals surface area contributed by atoms with Crippen molar-refractivity contribution in [1.82, 2.24) is 15.5 Å². The fraction of sp³-hybridized carbons (Fsp3) is 0.333. The molecule has 0 fully saturated rings. The lowest BCUT2D eigenvalue weighted by Gasteiger charge is -2.02. The lowest BCUT2D eigenvalue weighted by atomic mass is 10.1. The summed E-state index contributed by atoms with van der Waals surface area (Å²) in [5, 5.41) is 9.68. The van der Waals surface area contributed by atoms with Crippen molar-refractivity contribution in [2.75, 3.05) is 6.54 Å². The minimum atomic E-state index is -0.0948. The Labute approximate surface area is 99.2 Å². The lowest BCUT2D eigenvalue weighted by Crippen LogP contribution is -2.24. The van der Waals surface area contributed by atoms with E-state index in [1.54, 1.807) is 6.07 Å². The van der Waals surface area contributed by atoms with Crippen LogP contribution in [0.5, 0.6) is 0 Å². The molecule has 2 heterocycles. The monoisotopic (exact) mass is 233 g/mol. The minimum Gasteiger partial charge on any atom is -0.472 e. The Hall–Kier alpha value is -2.04. The zero-order valence-electron chi connectivity index (χ0n) is 9.69. The van der Waals surface area contributed by atoms with E-state index in [1.807, 2.05) is 13.1 Å². The molecule has 0 saturated heterocycles. The smallest absolute Gasteiger partial charge is 0.254 e. The number of rotatable bonds is 5. The van der Waals surface area contributed by atoms with Gasteiger partial charge in [0.05, 0.1) is 18.0 Å². The van der Waals surface area contributed by atoms with Gasteiger partial charge < -0.3 is 9.73 Å². The highest BCUT2D eigenvalue weighted by Gasteiger charge is 2.05. The molecule has 2 aromatic rings. The van der Waals surface area contributed by atoms with E-state index >= 15 is 0 Å². The number of furan rings is 1. The second-order valence-electron chi connectivity index (χ2n) is 3.89. The summed E-state index contributed by atoms with van der Waals surface area (Å²) in [6, 6.07) is 1.65. The van der Waals surface area contributed by atoms with Gasteiger partial charge in [-0.15, -0.1) is 0 Å². The molecule has 2 rings (SSSR count). The molecule has 1 amide bonds. The van der Waals surface area contributed by atoms with Crippen LogP contribution in [0.25, 0.3) is 0 Å². The fourth-order valence-corrected chi connectivity index (χ4v) is 1.60. The molecule has 2 N–H and O–H groups in total. The summed E-state index contributed by atoms with van der Waals surface area (Å²) < 4.78 is 4.84. The molecule has 0 aliphatic heterocycles. The molecule has 0 aliphatic rings. The number of carbonyl (C=O) groups excluding carboxylic acids is 1. The highest BCUT2D eigenvalue weighted by Crippen LogP contribution is 2.05. The van der Waals surface area contributed by atoms with Gasteiger partial charge in [0.25, 0.3) is 5.91 Å². The normalized spacial score (nSPS) is 10.4. The van der Waals surface area contributed by atoms with Gasteiger partial charge in [-0.2, -0.15) is 5.10 Å². The Morgan fingerprint density at radius 2 is 2.47 bits per heavy atom. The largest absolute Gasteiger partial charge is 0.472 e. The number of nitrogens with zero attached hydrogens (tertiary/aromatic N) is 1. The predicted molar refractivity (Wildman–Crippen MR) is 62.7 cm³/mol. The average molecular weight is 233 g/mol. The zero-order valence-corrected chi connectivity index (χ0v) is 9.69. The van der Waals surface area contributed by atoms with Gasteiger partial charge in [0.1, 0.15) is 6.26 Å². The van der Waals surface area contributed by atoms with Crippen LogP contribution in [-0.2, 0) is 6.42 Å². The summed E-state index contributed by atoms with van der Waals surface area (Å²) >= 11 is 0. The van der Waals surface area contributed by atoms with E-state index in [0.717, 1.165) is 18.5 Å². The Morgan fingerprint density at radius 1 is 1.59 bits per heavy atom.